The SMILES string of the molecule is C[N-]C(=O)O[C-](C)C.[Re].[Rf]. The predicted molar refractivity (Wildman–Crippen MR) is 30.4 cm³/mol. The summed E-state index contributed by atoms with van der Waals surface area (Å²) in [5.74, 6) is 0. The Morgan fingerprint density at radius 2 is 1.90 bits per heavy atom. The summed E-state index contributed by atoms with van der Waals surface area (Å²) in [6.07, 6.45) is 0.0746. The van der Waals surface area contributed by atoms with E-state index in [0.717, 1.165) is 0 Å². The number of hydrogen-bond donors (Lipinski definition) is 0. The van der Waals surface area contributed by atoms with Crippen molar-refractivity contribution in [2.75, 3.05) is 7.05 Å². The molecule has 0 spiro atoms. The van der Waals surface area contributed by atoms with E-state index in [1.807, 2.05) is 0 Å². The fourth-order valence-electron chi connectivity index (χ4n) is 0.220. The molecule has 10 heavy (non-hydrogen) atoms. The van der Waals surface area contributed by atoms with Crippen molar-refractivity contribution in [2.24, 2.45) is 0 Å². The second kappa shape index (κ2) is 7.93. The minimum atomic E-state index is -0.537. The van der Waals surface area contributed by atoms with Crippen molar-refractivity contribution in [3.8, 4) is 0 Å². The van der Waals surface area contributed by atoms with Crippen LogP contribution in [0, 0.1) is 6.10 Å². The molecule has 57 valence electrons. The van der Waals surface area contributed by atoms with Gasteiger partial charge in [-0.2, -0.15) is 20.0 Å². The molecular weight excluding hydrogens is 559 g/mol. The van der Waals surface area contributed by atoms with Crippen LogP contribution >= 0.6 is 0 Å². The Morgan fingerprint density at radius 1 is 1.50 bits per heavy atom. The summed E-state index contributed by atoms with van der Waals surface area (Å²) >= 11 is 0. The van der Waals surface area contributed by atoms with Gasteiger partial charge in [-0.3, -0.25) is 4.79 Å². The van der Waals surface area contributed by atoms with Crippen LogP contribution in [0.15, 0.2) is 0 Å². The van der Waals surface area contributed by atoms with Crippen molar-refractivity contribution < 1.29 is 30.0 Å². The first-order chi connectivity index (χ1) is 3.66. The molecule has 0 aromatic heterocycles. The maximum atomic E-state index is 10.2. The molecule has 0 bridgehead atoms. The average molecular weight is 568 g/mol. The van der Waals surface area contributed by atoms with E-state index >= 15 is 0 Å². The molecule has 0 saturated carbocycles. The van der Waals surface area contributed by atoms with Gasteiger partial charge >= 0.3 is 0 Å². The van der Waals surface area contributed by atoms with Gasteiger partial charge in [-0.1, -0.05) is 0 Å². The van der Waals surface area contributed by atoms with Crippen molar-refractivity contribution >= 4 is 6.09 Å². The molecule has 0 unspecified atom stereocenters. The van der Waals surface area contributed by atoms with E-state index < -0.39 is 6.09 Å². The molecule has 0 aromatic rings. The standard InChI is InChI=1S/C5H10NO2.Re.Rf/c1-4(2)8-5(7)6-3;;/h1-3H3,(H,6,7);;/q-1;;/p-1. The molecule has 0 saturated heterocycles. The summed E-state index contributed by atoms with van der Waals surface area (Å²) in [6.45, 7) is 3.40. The quantitative estimate of drug-likeness (QED) is 0.453. The zero-order valence-corrected chi connectivity index (χ0v) is 15.5. The van der Waals surface area contributed by atoms with E-state index in [9.17, 15) is 4.79 Å². The third kappa shape index (κ3) is 10.0. The first-order valence-corrected chi connectivity index (χ1v) is 2.28. The fourth-order valence-corrected chi connectivity index (χ4v) is 0.220. The van der Waals surface area contributed by atoms with Crippen LogP contribution in [0.3, 0.4) is 0 Å². The smallest absolute Gasteiger partial charge is 0.197 e. The predicted octanol–water partition coefficient (Wildman–Crippen LogP) is 1.70. The van der Waals surface area contributed by atoms with Crippen molar-refractivity contribution in [3.63, 3.8) is 0 Å². The van der Waals surface area contributed by atoms with Crippen LogP contribution in [0.1, 0.15) is 13.8 Å². The molecule has 0 N–H and O–H groups in total. The average Bonchev–Trinajstić information content (AvgIpc) is 1.65. The van der Waals surface area contributed by atoms with Crippen LogP contribution < -0.4 is 0 Å². The number of carbonyl (C=O) groups is 1. The molecule has 0 atom stereocenters. The number of rotatable bonds is 1. The van der Waals surface area contributed by atoms with Crippen molar-refractivity contribution in [1.29, 1.82) is 0 Å². The van der Waals surface area contributed by atoms with Crippen LogP contribution in [0.25, 0.3) is 5.32 Å². The summed E-state index contributed by atoms with van der Waals surface area (Å²) in [5, 5.41) is 3.25. The minimum Gasteiger partial charge on any atom is -0.647 e. The Bertz CT molecular complexity index is 89.7. The fraction of sp³-hybridized carbons (Fsp3) is 0.600. The van der Waals surface area contributed by atoms with Gasteiger partial charge in [-0.05, 0) is 0 Å². The summed E-state index contributed by atoms with van der Waals surface area (Å²) in [6, 6.07) is 0. The van der Waals surface area contributed by atoms with E-state index in [4.69, 9.17) is 0 Å². The Kier molecular flexibility index (Phi) is 12.7. The first kappa shape index (κ1) is 16.0. The van der Waals surface area contributed by atoms with Crippen molar-refractivity contribution in [1.82, 2.24) is 0 Å². The van der Waals surface area contributed by atoms with Gasteiger partial charge in [-0.15, -0.1) is 7.05 Å². The summed E-state index contributed by atoms with van der Waals surface area (Å²) in [7, 11) is 1.39. The molecule has 1 amide bonds. The van der Waals surface area contributed by atoms with Crippen LogP contribution in [0.4, 0.5) is 4.79 Å². The summed E-state index contributed by atoms with van der Waals surface area (Å²) in [4.78, 5) is 10.2. The number of ether oxygens (including phenoxy) is 1. The van der Waals surface area contributed by atoms with Gasteiger partial charge < -0.3 is 10.1 Å². The number of carbonyl (C=O) groups excluding carboxylic acids is 1. The number of hydrogen-bond acceptors (Lipinski definition) is 2. The molecule has 0 aliphatic carbocycles. The van der Waals surface area contributed by atoms with E-state index in [-0.39, 0.29) is 20.4 Å². The normalized spacial score (nSPS) is 7.20. The van der Waals surface area contributed by atoms with Gasteiger partial charge in [0.05, 0.1) is 0 Å². The molecule has 5 heteroatoms. The molecule has 0 fully saturated rings. The van der Waals surface area contributed by atoms with E-state index in [1.54, 1.807) is 13.8 Å². The molecule has 0 aliphatic heterocycles. The minimum absolute atomic E-state index is 0. The molecule has 0 heterocycles. The van der Waals surface area contributed by atoms with Gasteiger partial charge in [0.25, 0.3) is 0 Å². The van der Waals surface area contributed by atoms with Gasteiger partial charge in [-0.25, -0.2) is 0 Å². The Morgan fingerprint density at radius 3 is 2.00 bits per heavy atom. The first-order valence-electron chi connectivity index (χ1n) is 2.28. The molecule has 0 aliphatic rings. The third-order valence-electron chi connectivity index (χ3n) is 0.474. The maximum Gasteiger partial charge on any atom is 0.197 e. The third-order valence-corrected chi connectivity index (χ3v) is 0.474. The van der Waals surface area contributed by atoms with Gasteiger partial charge in [0.15, 0.2) is 6.09 Å². The Labute approximate surface area is 68.8 Å². The summed E-state index contributed by atoms with van der Waals surface area (Å²) < 4.78 is 4.51. The zero-order valence-electron chi connectivity index (χ0n) is 6.35. The largest absolute Gasteiger partial charge is 0.647 e. The van der Waals surface area contributed by atoms with Crippen LogP contribution in [0.5, 0.6) is 0 Å². The van der Waals surface area contributed by atoms with Crippen molar-refractivity contribution in [2.45, 2.75) is 13.8 Å². The second-order valence-electron chi connectivity index (χ2n) is 1.50. The molecule has 1 radical (unpaired) electrons. The number of nitrogens with zero attached hydrogens (tertiary/aromatic N) is 1. The van der Waals surface area contributed by atoms with Crippen molar-refractivity contribution in [3.05, 3.63) is 11.4 Å². The van der Waals surface area contributed by atoms with Crippen LogP contribution in [0.2, 0.25) is 0 Å². The monoisotopic (exact) mass is 569 g/mol. The number of amides is 1. The van der Waals surface area contributed by atoms with E-state index in [0.29, 0.717) is 6.10 Å². The van der Waals surface area contributed by atoms with Gasteiger partial charge in [0.2, 0.25) is 0 Å². The zero-order chi connectivity index (χ0) is 6.57. The Hall–Kier alpha value is -1.07. The van der Waals surface area contributed by atoms with E-state index in [2.05, 4.69) is 10.1 Å². The second-order valence-corrected chi connectivity index (χ2v) is 1.50. The van der Waals surface area contributed by atoms with E-state index in [1.165, 1.54) is 7.05 Å². The maximum absolute atomic E-state index is 10.2. The Balaban J connectivity index is -0.000000245. The molecule has 0 aromatic carbocycles. The van der Waals surface area contributed by atoms with Gasteiger partial charge in [0, 0.05) is 20.4 Å². The van der Waals surface area contributed by atoms with Crippen LogP contribution in [-0.2, 0) is 25.2 Å². The molecule has 0 rings (SSSR count). The van der Waals surface area contributed by atoms with Crippen LogP contribution in [-0.4, -0.2) is 13.1 Å². The molecular formula is C5H9NO2ReRf-2. The topological polar surface area (TPSA) is 40.4 Å². The molecule has 3 nitrogen and oxygen atoms in total. The van der Waals surface area contributed by atoms with Gasteiger partial charge in [0.1, 0.15) is 0 Å². The summed E-state index contributed by atoms with van der Waals surface area (Å²) in [5.41, 5.74) is 0.